The Labute approximate surface area is 122 Å². The third kappa shape index (κ3) is 3.08. The fourth-order valence-electron chi connectivity index (χ4n) is 2.07. The number of carbonyl (C=O) groups excluding carboxylic acids is 1. The maximum Gasteiger partial charge on any atom is 0.269 e. The van der Waals surface area contributed by atoms with Crippen LogP contribution < -0.4 is 5.32 Å². The zero-order valence-electron chi connectivity index (χ0n) is 11.6. The number of anilines is 1. The first-order chi connectivity index (χ1) is 10.2. The number of nitrogens with zero attached hydrogens (tertiary/aromatic N) is 2. The van der Waals surface area contributed by atoms with Crippen molar-refractivity contribution in [3.63, 3.8) is 0 Å². The molecule has 1 aliphatic rings. The average Bonchev–Trinajstić information content (AvgIpc) is 3.00. The molecule has 2 heterocycles. The van der Waals surface area contributed by atoms with Gasteiger partial charge in [-0.25, -0.2) is 4.98 Å². The zero-order chi connectivity index (χ0) is 14.7. The molecular weight excluding hydrogens is 266 g/mol. The van der Waals surface area contributed by atoms with Crippen LogP contribution in [-0.4, -0.2) is 22.7 Å². The van der Waals surface area contributed by atoms with Gasteiger partial charge in [0.05, 0.1) is 5.71 Å². The summed E-state index contributed by atoms with van der Waals surface area (Å²) in [6.07, 6.45) is 1.56. The lowest BCUT2D eigenvalue weighted by Crippen LogP contribution is -2.28. The van der Waals surface area contributed by atoms with Crippen molar-refractivity contribution in [1.82, 2.24) is 4.98 Å². The SMILES string of the molecule is Cc1ccc(NC(=O)[C@H]2CC(c3ccccc3)=NO2)nc1. The van der Waals surface area contributed by atoms with Gasteiger partial charge >= 0.3 is 0 Å². The fraction of sp³-hybridized carbons (Fsp3) is 0.188. The smallest absolute Gasteiger partial charge is 0.269 e. The molecule has 0 saturated carbocycles. The van der Waals surface area contributed by atoms with E-state index in [1.165, 1.54) is 0 Å². The number of benzene rings is 1. The lowest BCUT2D eigenvalue weighted by atomic mass is 10.0. The van der Waals surface area contributed by atoms with E-state index in [9.17, 15) is 4.79 Å². The quantitative estimate of drug-likeness (QED) is 0.940. The summed E-state index contributed by atoms with van der Waals surface area (Å²) in [4.78, 5) is 21.5. The average molecular weight is 281 g/mol. The topological polar surface area (TPSA) is 63.6 Å². The molecule has 2 aromatic rings. The van der Waals surface area contributed by atoms with Gasteiger partial charge in [-0.05, 0) is 24.1 Å². The molecule has 1 N–H and O–H groups in total. The van der Waals surface area contributed by atoms with Gasteiger partial charge in [0.15, 0.2) is 0 Å². The summed E-state index contributed by atoms with van der Waals surface area (Å²) in [6.45, 7) is 1.94. The first kappa shape index (κ1) is 13.3. The molecule has 0 aliphatic carbocycles. The number of hydrogen-bond acceptors (Lipinski definition) is 4. The van der Waals surface area contributed by atoms with Crippen LogP contribution >= 0.6 is 0 Å². The normalized spacial score (nSPS) is 17.0. The summed E-state index contributed by atoms with van der Waals surface area (Å²) >= 11 is 0. The number of carbonyl (C=O) groups is 1. The largest absolute Gasteiger partial charge is 0.382 e. The number of amides is 1. The fourth-order valence-corrected chi connectivity index (χ4v) is 2.07. The number of aromatic nitrogens is 1. The van der Waals surface area contributed by atoms with Gasteiger partial charge < -0.3 is 10.2 Å². The monoisotopic (exact) mass is 281 g/mol. The molecule has 0 radical (unpaired) electrons. The van der Waals surface area contributed by atoms with Gasteiger partial charge in [0, 0.05) is 12.6 Å². The second kappa shape index (κ2) is 5.75. The Kier molecular flexibility index (Phi) is 3.64. The molecule has 0 spiro atoms. The number of oxime groups is 1. The maximum atomic E-state index is 12.1. The van der Waals surface area contributed by atoms with Crippen molar-refractivity contribution in [2.24, 2.45) is 5.16 Å². The maximum absolute atomic E-state index is 12.1. The van der Waals surface area contributed by atoms with E-state index in [-0.39, 0.29) is 5.91 Å². The molecule has 0 bridgehead atoms. The number of pyridine rings is 1. The van der Waals surface area contributed by atoms with Crippen molar-refractivity contribution in [1.29, 1.82) is 0 Å². The minimum absolute atomic E-state index is 0.235. The van der Waals surface area contributed by atoms with E-state index >= 15 is 0 Å². The minimum Gasteiger partial charge on any atom is -0.382 e. The predicted octanol–water partition coefficient (Wildman–Crippen LogP) is 2.52. The molecule has 5 nitrogen and oxygen atoms in total. The summed E-state index contributed by atoms with van der Waals surface area (Å²) in [5.74, 6) is 0.281. The summed E-state index contributed by atoms with van der Waals surface area (Å²) in [7, 11) is 0. The van der Waals surface area contributed by atoms with Gasteiger partial charge in [0.1, 0.15) is 5.82 Å². The molecule has 106 valence electrons. The first-order valence-corrected chi connectivity index (χ1v) is 6.74. The molecule has 1 aliphatic heterocycles. The van der Waals surface area contributed by atoms with Gasteiger partial charge in [-0.3, -0.25) is 4.79 Å². The van der Waals surface area contributed by atoms with E-state index in [1.807, 2.05) is 43.3 Å². The van der Waals surface area contributed by atoms with Crippen LogP contribution in [-0.2, 0) is 9.63 Å². The lowest BCUT2D eigenvalue weighted by molar-refractivity contribution is -0.125. The number of hydrogen-bond donors (Lipinski definition) is 1. The summed E-state index contributed by atoms with van der Waals surface area (Å²) in [5, 5.41) is 6.73. The van der Waals surface area contributed by atoms with E-state index in [0.29, 0.717) is 12.2 Å². The molecule has 0 saturated heterocycles. The number of nitrogens with one attached hydrogen (secondary N) is 1. The van der Waals surface area contributed by atoms with E-state index in [2.05, 4.69) is 15.5 Å². The Morgan fingerprint density at radius 2 is 2.05 bits per heavy atom. The zero-order valence-corrected chi connectivity index (χ0v) is 11.6. The highest BCUT2D eigenvalue weighted by Gasteiger charge is 2.28. The van der Waals surface area contributed by atoms with Gasteiger partial charge in [0.25, 0.3) is 5.91 Å². The van der Waals surface area contributed by atoms with E-state index in [4.69, 9.17) is 4.84 Å². The van der Waals surface area contributed by atoms with Crippen LogP contribution in [0.3, 0.4) is 0 Å². The van der Waals surface area contributed by atoms with Crippen LogP contribution in [0.15, 0.2) is 53.8 Å². The highest BCUT2D eigenvalue weighted by Crippen LogP contribution is 2.18. The van der Waals surface area contributed by atoms with Crippen LogP contribution in [0.5, 0.6) is 0 Å². The van der Waals surface area contributed by atoms with Crippen LogP contribution in [0.2, 0.25) is 0 Å². The van der Waals surface area contributed by atoms with Crippen molar-refractivity contribution in [2.45, 2.75) is 19.4 Å². The van der Waals surface area contributed by atoms with Gasteiger partial charge in [0.2, 0.25) is 6.10 Å². The third-order valence-electron chi connectivity index (χ3n) is 3.23. The molecule has 0 unspecified atom stereocenters. The Morgan fingerprint density at radius 1 is 1.24 bits per heavy atom. The minimum atomic E-state index is -0.608. The summed E-state index contributed by atoms with van der Waals surface area (Å²) in [5.41, 5.74) is 2.80. The molecular formula is C16H15N3O2. The Bertz CT molecular complexity index is 666. The molecule has 5 heteroatoms. The highest BCUT2D eigenvalue weighted by molar-refractivity contribution is 6.05. The van der Waals surface area contributed by atoms with E-state index in [0.717, 1.165) is 16.8 Å². The molecule has 0 fully saturated rings. The van der Waals surface area contributed by atoms with E-state index < -0.39 is 6.10 Å². The molecule has 1 atom stereocenters. The number of aryl methyl sites for hydroxylation is 1. The first-order valence-electron chi connectivity index (χ1n) is 6.74. The van der Waals surface area contributed by atoms with Gasteiger partial charge in [-0.15, -0.1) is 0 Å². The van der Waals surface area contributed by atoms with Gasteiger partial charge in [-0.2, -0.15) is 0 Å². The van der Waals surface area contributed by atoms with Crippen molar-refractivity contribution in [3.05, 3.63) is 59.8 Å². The number of rotatable bonds is 3. The Morgan fingerprint density at radius 3 is 2.76 bits per heavy atom. The third-order valence-corrected chi connectivity index (χ3v) is 3.23. The van der Waals surface area contributed by atoms with Crippen molar-refractivity contribution >= 4 is 17.4 Å². The predicted molar refractivity (Wildman–Crippen MR) is 80.1 cm³/mol. The Hall–Kier alpha value is -2.69. The van der Waals surface area contributed by atoms with Gasteiger partial charge in [-0.1, -0.05) is 41.6 Å². The molecule has 1 aromatic heterocycles. The second-order valence-electron chi connectivity index (χ2n) is 4.91. The van der Waals surface area contributed by atoms with Crippen LogP contribution in [0, 0.1) is 6.92 Å². The second-order valence-corrected chi connectivity index (χ2v) is 4.91. The molecule has 21 heavy (non-hydrogen) atoms. The molecule has 1 amide bonds. The molecule has 1 aromatic carbocycles. The van der Waals surface area contributed by atoms with Crippen molar-refractivity contribution < 1.29 is 9.63 Å². The van der Waals surface area contributed by atoms with Crippen molar-refractivity contribution in [3.8, 4) is 0 Å². The highest BCUT2D eigenvalue weighted by atomic mass is 16.6. The molecule has 3 rings (SSSR count). The Balaban J connectivity index is 1.62. The van der Waals surface area contributed by atoms with Crippen molar-refractivity contribution in [2.75, 3.05) is 5.32 Å². The van der Waals surface area contributed by atoms with Crippen LogP contribution in [0.1, 0.15) is 17.5 Å². The lowest BCUT2D eigenvalue weighted by Gasteiger charge is -2.08. The van der Waals surface area contributed by atoms with E-state index in [1.54, 1.807) is 12.3 Å². The van der Waals surface area contributed by atoms with Crippen LogP contribution in [0.25, 0.3) is 0 Å². The van der Waals surface area contributed by atoms with Crippen LogP contribution in [0.4, 0.5) is 5.82 Å². The standard InChI is InChI=1S/C16H15N3O2/c1-11-7-8-15(17-10-11)18-16(20)14-9-13(19-21-14)12-5-3-2-4-6-12/h2-8,10,14H,9H2,1H3,(H,17,18,20)/t14-/m1/s1. The summed E-state index contributed by atoms with van der Waals surface area (Å²) in [6, 6.07) is 13.4. The summed E-state index contributed by atoms with van der Waals surface area (Å²) < 4.78 is 0.